The van der Waals surface area contributed by atoms with E-state index < -0.39 is 80.7 Å². The first kappa shape index (κ1) is 28.4. The number of likely N-dealkylation sites (tertiary alicyclic amines) is 1. The van der Waals surface area contributed by atoms with Crippen molar-refractivity contribution in [3.63, 3.8) is 0 Å². The monoisotopic (exact) mass is 838 g/mol. The van der Waals surface area contributed by atoms with Crippen LogP contribution in [0.3, 0.4) is 0 Å². The van der Waals surface area contributed by atoms with E-state index in [1.54, 1.807) is 4.90 Å². The molecular weight excluding hydrogens is 807 g/mol. The van der Waals surface area contributed by atoms with Crippen LogP contribution in [0, 0.1) is 53.4 Å². The summed E-state index contributed by atoms with van der Waals surface area (Å²) in [5, 5.41) is -4.94. The number of Topliss-reactive ketones (excluding diaryl/α,β-unsaturated/α-hetero) is 1. The normalized spacial score (nSPS) is 41.4. The number of rotatable bonds is 6. The van der Waals surface area contributed by atoms with Crippen molar-refractivity contribution in [2.45, 2.75) is 82.2 Å². The topological polar surface area (TPSA) is 147 Å². The summed E-state index contributed by atoms with van der Waals surface area (Å²) in [6.07, 6.45) is 2.46. The summed E-state index contributed by atoms with van der Waals surface area (Å²) in [4.78, 5) is 54.7. The van der Waals surface area contributed by atoms with Crippen molar-refractivity contribution >= 4 is 33.7 Å². The molecule has 6 saturated carbocycles. The fourth-order valence-corrected chi connectivity index (χ4v) is 9.24. The van der Waals surface area contributed by atoms with E-state index in [1.807, 2.05) is 20.8 Å². The second kappa shape index (κ2) is 8.43. The van der Waals surface area contributed by atoms with E-state index in [9.17, 15) is 40.9 Å². The van der Waals surface area contributed by atoms with Gasteiger partial charge in [0.15, 0.2) is 0 Å². The minimum Gasteiger partial charge on any atom is -0.746 e. The van der Waals surface area contributed by atoms with E-state index in [4.69, 9.17) is 4.74 Å². The average molecular weight is 839 g/mol. The molecule has 1 heterocycles. The maximum atomic E-state index is 13.8. The van der Waals surface area contributed by atoms with Crippen LogP contribution in [0.15, 0.2) is 0 Å². The molecule has 6 bridgehead atoms. The molecule has 1 amide bonds. The van der Waals surface area contributed by atoms with Crippen LogP contribution in [-0.4, -0.2) is 64.4 Å². The number of ketones is 1. The van der Waals surface area contributed by atoms with Crippen LogP contribution in [0.4, 0.5) is 8.78 Å². The Morgan fingerprint density at radius 2 is 1.65 bits per heavy atom. The molecule has 0 aromatic carbocycles. The molecule has 40 heavy (non-hydrogen) atoms. The van der Waals surface area contributed by atoms with Crippen molar-refractivity contribution in [3.05, 3.63) is 6.61 Å². The van der Waals surface area contributed by atoms with E-state index in [2.05, 4.69) is 4.74 Å². The first-order valence-corrected chi connectivity index (χ1v) is 14.8. The van der Waals surface area contributed by atoms with Gasteiger partial charge in [-0.25, -0.2) is 17.2 Å². The van der Waals surface area contributed by atoms with Gasteiger partial charge in [-0.1, -0.05) is 6.61 Å². The van der Waals surface area contributed by atoms with Gasteiger partial charge in [0.25, 0.3) is 11.2 Å². The van der Waals surface area contributed by atoms with Crippen molar-refractivity contribution in [1.82, 2.24) is 4.90 Å². The number of hydrogen-bond acceptors (Lipinski definition) is 9. The van der Waals surface area contributed by atoms with Crippen molar-refractivity contribution in [1.29, 1.82) is 0 Å². The molecule has 0 spiro atoms. The molecule has 1 saturated heterocycles. The van der Waals surface area contributed by atoms with Crippen LogP contribution in [-0.2, 0) is 38.8 Å². The minimum atomic E-state index is -6.12. The third-order valence-corrected chi connectivity index (χ3v) is 10.9. The number of fused-ring (bicyclic) bond motifs is 1. The van der Waals surface area contributed by atoms with Crippen LogP contribution >= 0.6 is 0 Å². The molecule has 8 atom stereocenters. The Hall–Kier alpha value is -3.15. The molecular formula is C26H31F2NO9RfS-2. The molecule has 0 N–H and O–H groups in total. The summed E-state index contributed by atoms with van der Waals surface area (Å²) in [6.45, 7) is 4.84. The molecule has 14 heteroatoms. The van der Waals surface area contributed by atoms with E-state index in [-0.39, 0.29) is 29.4 Å². The predicted molar refractivity (Wildman–Crippen MR) is 125 cm³/mol. The van der Waals surface area contributed by atoms with E-state index in [0.29, 0.717) is 25.7 Å². The standard InChI is InChI=1S/C26H32F2NO9S.Rf/c1-24(2,3)29-18-14-6-15(17(16(14)21(29)31)22(32)37-10-26(27,28)39(34,35)36)20(18)38-23(33)25-7-11-4-12(8-25)19(30)13(5-11)9-25;/h10-18,20H,4-9H2,1-3H3,(H,34,35,36);/q-1;/p-1. The molecule has 8 unspecified atom stereocenters. The van der Waals surface area contributed by atoms with Gasteiger partial charge in [-0.05, 0) is 71.1 Å². The third kappa shape index (κ3) is 3.77. The van der Waals surface area contributed by atoms with E-state index in [0.717, 1.165) is 12.8 Å². The van der Waals surface area contributed by atoms with Gasteiger partial charge < -0.3 is 18.9 Å². The zero-order valence-electron chi connectivity index (χ0n) is 22.5. The van der Waals surface area contributed by atoms with Gasteiger partial charge in [0.05, 0.1) is 23.3 Å². The number of esters is 2. The molecule has 7 rings (SSSR count). The summed E-state index contributed by atoms with van der Waals surface area (Å²) in [7, 11) is -6.12. The van der Waals surface area contributed by atoms with Crippen molar-refractivity contribution < 1.29 is 50.4 Å². The molecule has 7 aliphatic rings. The molecule has 0 aromatic rings. The number of ether oxygens (including phenoxy) is 2. The average Bonchev–Trinajstić information content (AvgIpc) is 3.42. The van der Waals surface area contributed by atoms with Gasteiger partial charge in [0.1, 0.15) is 22.0 Å². The van der Waals surface area contributed by atoms with Crippen LogP contribution in [0.1, 0.15) is 59.3 Å². The van der Waals surface area contributed by atoms with Crippen LogP contribution in [0.2, 0.25) is 0 Å². The summed E-state index contributed by atoms with van der Waals surface area (Å²) in [5.74, 6) is -5.18. The predicted octanol–water partition coefficient (Wildman–Crippen LogP) is 2.03. The van der Waals surface area contributed by atoms with Crippen molar-refractivity contribution in [2.75, 3.05) is 0 Å². The van der Waals surface area contributed by atoms with Gasteiger partial charge in [0.2, 0.25) is 5.91 Å². The Balaban J connectivity index is 0.00000323. The van der Waals surface area contributed by atoms with Gasteiger partial charge in [-0.3, -0.25) is 19.2 Å². The molecule has 1 aliphatic heterocycles. The zero-order chi connectivity index (χ0) is 28.4. The number of nitrogens with zero attached hydrogens (tertiary/aromatic N) is 1. The van der Waals surface area contributed by atoms with Gasteiger partial charge in [-0.15, -0.1) is 0 Å². The summed E-state index contributed by atoms with van der Waals surface area (Å²) in [5.41, 5.74) is -1.49. The third-order valence-electron chi connectivity index (χ3n) is 10.2. The first-order valence-electron chi connectivity index (χ1n) is 13.4. The number of carbonyl (C=O) groups excluding carboxylic acids is 4. The largest absolute Gasteiger partial charge is 0.746 e. The number of alkyl halides is 2. The fraction of sp³-hybridized carbons (Fsp3) is 0.808. The van der Waals surface area contributed by atoms with Crippen molar-refractivity contribution in [3.8, 4) is 0 Å². The summed E-state index contributed by atoms with van der Waals surface area (Å²) >= 11 is 0. The first-order chi connectivity index (χ1) is 17.9. The van der Waals surface area contributed by atoms with Crippen LogP contribution < -0.4 is 0 Å². The smallest absolute Gasteiger partial charge is 0.312 e. The quantitative estimate of drug-likeness (QED) is 0.223. The van der Waals surface area contributed by atoms with Crippen LogP contribution in [0.5, 0.6) is 0 Å². The molecule has 6 aliphatic carbocycles. The Morgan fingerprint density at radius 1 is 1.05 bits per heavy atom. The Bertz CT molecular complexity index is 1250. The number of amides is 1. The van der Waals surface area contributed by atoms with Crippen LogP contribution in [0.25, 0.3) is 0 Å². The van der Waals surface area contributed by atoms with Gasteiger partial charge in [0, 0.05) is 23.3 Å². The second-order valence-electron chi connectivity index (χ2n) is 13.5. The van der Waals surface area contributed by atoms with E-state index in [1.165, 1.54) is 0 Å². The minimum absolute atomic E-state index is 0. The number of hydrogen-bond donors (Lipinski definition) is 0. The Labute approximate surface area is 224 Å². The summed E-state index contributed by atoms with van der Waals surface area (Å²) in [6, 6.07) is -0.511. The maximum Gasteiger partial charge on any atom is 0.312 e. The molecule has 7 fully saturated rings. The Morgan fingerprint density at radius 3 is 2.20 bits per heavy atom. The summed E-state index contributed by atoms with van der Waals surface area (Å²) < 4.78 is 70.6. The molecule has 0 aromatic heterocycles. The van der Waals surface area contributed by atoms with Gasteiger partial charge >= 0.3 is 5.97 Å². The molecule has 218 valence electrons. The number of halogens is 2. The van der Waals surface area contributed by atoms with Gasteiger partial charge in [-0.2, -0.15) is 0 Å². The second-order valence-corrected chi connectivity index (χ2v) is 14.9. The maximum absolute atomic E-state index is 13.8. The zero-order valence-corrected chi connectivity index (χ0v) is 29.7. The molecule has 0 radical (unpaired) electrons. The van der Waals surface area contributed by atoms with E-state index >= 15 is 0 Å². The molecule has 10 nitrogen and oxygen atoms in total. The Kier molecular flexibility index (Phi) is 5.98. The number of carbonyl (C=O) groups is 4. The SMILES string of the molecule is CC(C)(C)N1C(=O)C2C3CC(C(OC(=O)C45CC6CC(C4)C(=O)C(C6)C5)C31)C2C(=O)O[CH-]C(F)(F)S(=O)(=O)[O-].[Rf]. The van der Waals surface area contributed by atoms with Crippen molar-refractivity contribution in [2.24, 2.45) is 46.8 Å². The fourth-order valence-electron chi connectivity index (χ4n) is 9.08.